The molecule has 13 nitrogen and oxygen atoms in total. The number of nitrogens with one attached hydrogen (secondary N) is 4. The number of aliphatic imine (C=N–C) groups is 1. The van der Waals surface area contributed by atoms with Crippen LogP contribution in [0.5, 0.6) is 11.5 Å². The van der Waals surface area contributed by atoms with Crippen LogP contribution in [-0.4, -0.2) is 101 Å². The van der Waals surface area contributed by atoms with Crippen molar-refractivity contribution in [3.63, 3.8) is 0 Å². The Morgan fingerprint density at radius 1 is 0.960 bits per heavy atom. The number of nitrogens with two attached hydrogens (primary N) is 2. The second kappa shape index (κ2) is 24.1. The number of aliphatic hydroxyl groups is 3. The van der Waals surface area contributed by atoms with Gasteiger partial charge in [-0.1, -0.05) is 72.4 Å². The minimum Gasteiger partial charge on any atom is -0.504 e. The lowest BCUT2D eigenvalue weighted by Crippen LogP contribution is -2.52. The summed E-state index contributed by atoms with van der Waals surface area (Å²) in [4.78, 5) is 8.03. The fourth-order valence-corrected chi connectivity index (χ4v) is 19.6. The number of likely N-dealkylation sites (N-methyl/N-ethyl adjacent to an activating group) is 1. The van der Waals surface area contributed by atoms with Crippen LogP contribution in [-0.2, 0) is 25.9 Å². The zero-order valence-corrected chi connectivity index (χ0v) is 47.0. The van der Waals surface area contributed by atoms with Gasteiger partial charge in [0.15, 0.2) is 17.5 Å². The Kier molecular flexibility index (Phi) is 17.7. The average molecular weight is 1070 g/mol. The van der Waals surface area contributed by atoms with Crippen molar-refractivity contribution in [1.82, 2.24) is 20.9 Å². The lowest BCUT2D eigenvalue weighted by Gasteiger charge is -2.53. The number of allylic oxidation sites excluding steroid dienone is 2. The third-order valence-corrected chi connectivity index (χ3v) is 22.8. The number of H-pyrrole nitrogens is 1. The Balaban J connectivity index is 0.780. The Labute approximate surface area is 455 Å². The Hall–Kier alpha value is -3.15. The monoisotopic (exact) mass is 1070 g/mol. The molecule has 4 saturated carbocycles. The number of aromatic nitrogens is 1. The minimum absolute atomic E-state index is 0.00772. The second-order valence-electron chi connectivity index (χ2n) is 24.6. The first-order valence-electron chi connectivity index (χ1n) is 29.2. The summed E-state index contributed by atoms with van der Waals surface area (Å²) >= 11 is 0. The number of rotatable bonds is 18. The van der Waals surface area contributed by atoms with Crippen LogP contribution in [0.15, 0.2) is 51.9 Å². The summed E-state index contributed by atoms with van der Waals surface area (Å²) in [6, 6.07) is 10.4. The third kappa shape index (κ3) is 11.4. The molecule has 1 aromatic carbocycles. The number of nitrogens with zero attached hydrogens (tertiary/aromatic N) is 1. The quantitative estimate of drug-likeness (QED) is 0.0249. The lowest BCUT2D eigenvalue weighted by atomic mass is 9.52. The molecule has 2 aromatic heterocycles. The molecular formula is C60H91N7O6S2. The van der Waals surface area contributed by atoms with E-state index < -0.39 is 12.2 Å². The smallest absolute Gasteiger partial charge is 0.188 e. The van der Waals surface area contributed by atoms with Crippen LogP contribution in [0, 0.1) is 52.3 Å². The van der Waals surface area contributed by atoms with E-state index in [1.54, 1.807) is 13.1 Å². The number of guanidine groups is 1. The molecule has 15 heteroatoms. The molecule has 15 atom stereocenters. The van der Waals surface area contributed by atoms with Gasteiger partial charge in [-0.15, -0.1) is 0 Å². The number of aliphatic hydroxyl groups excluding tert-OH is 3. The van der Waals surface area contributed by atoms with Crippen molar-refractivity contribution in [3.8, 4) is 11.5 Å². The zero-order valence-electron chi connectivity index (χ0n) is 45.4. The Morgan fingerprint density at radius 2 is 1.77 bits per heavy atom. The summed E-state index contributed by atoms with van der Waals surface area (Å²) in [5.41, 5.74) is 18.6. The first-order valence-corrected chi connectivity index (χ1v) is 31.6. The average Bonchev–Trinajstić information content (AvgIpc) is 4.38. The number of phenolic OH excluding ortho intramolecular Hbond substituents is 1. The highest BCUT2D eigenvalue weighted by Gasteiger charge is 2.65. The molecule has 8 aliphatic rings. The number of aryl methyl sites for hydroxylation is 3. The molecule has 3 aromatic rings. The molecular weight excluding hydrogens is 979 g/mol. The molecule has 12 N–H and O–H groups in total. The van der Waals surface area contributed by atoms with Crippen molar-refractivity contribution in [2.24, 2.45) is 68.7 Å². The van der Waals surface area contributed by atoms with Gasteiger partial charge in [0, 0.05) is 96.8 Å². The molecule has 2 spiro atoms. The Bertz CT molecular complexity index is 2440. The number of aromatic hydroxyl groups is 1. The summed E-state index contributed by atoms with van der Waals surface area (Å²) in [6.07, 6.45) is 22.8. The number of hydrogen-bond acceptors (Lipinski definition) is 12. The van der Waals surface area contributed by atoms with Crippen LogP contribution >= 0.6 is 21.6 Å². The predicted octanol–water partition coefficient (Wildman–Crippen LogP) is 9.00. The van der Waals surface area contributed by atoms with Crippen LogP contribution in [0.3, 0.4) is 0 Å². The maximum atomic E-state index is 11.9. The molecule has 5 fully saturated rings. The van der Waals surface area contributed by atoms with E-state index in [1.807, 2.05) is 53.8 Å². The van der Waals surface area contributed by atoms with E-state index in [9.17, 15) is 20.4 Å². The molecule has 1 aliphatic heterocycles. The Morgan fingerprint density at radius 3 is 2.56 bits per heavy atom. The van der Waals surface area contributed by atoms with Crippen LogP contribution in [0.1, 0.15) is 161 Å². The van der Waals surface area contributed by atoms with Gasteiger partial charge in [-0.05, 0) is 167 Å². The SMILES string of the molecule is CN=C(N)N[C@@H]1CSSC[C@@H]2[C@@H]3CC[C@@H](CCc4oc(CCc5ccc(O)c(OC[C@H](O)c6cc7c([nH]6)[C@H]6C=C[C@@]8(CCC[C@@H]8C68CCCC8)[C@H]7[C@H](CNC)NC[C@H](C)O)c5)cc4CO)C[C@H](C[C@H]2N)[C@@H]3CC[C@@H]1C. The van der Waals surface area contributed by atoms with Gasteiger partial charge in [-0.25, -0.2) is 0 Å². The predicted molar refractivity (Wildman–Crippen MR) is 304 cm³/mol. The van der Waals surface area contributed by atoms with E-state index in [2.05, 4.69) is 51.1 Å². The number of benzene rings is 1. The van der Waals surface area contributed by atoms with Crippen molar-refractivity contribution in [3.05, 3.63) is 82.1 Å². The summed E-state index contributed by atoms with van der Waals surface area (Å²) in [5, 5.41) is 54.7. The van der Waals surface area contributed by atoms with Crippen LogP contribution in [0.25, 0.3) is 0 Å². The van der Waals surface area contributed by atoms with Crippen molar-refractivity contribution in [1.29, 1.82) is 0 Å². The maximum Gasteiger partial charge on any atom is 0.188 e. The van der Waals surface area contributed by atoms with Gasteiger partial charge in [-0.2, -0.15) is 0 Å². The molecule has 11 rings (SSSR count). The van der Waals surface area contributed by atoms with E-state index >= 15 is 0 Å². The highest BCUT2D eigenvalue weighted by molar-refractivity contribution is 8.76. The van der Waals surface area contributed by atoms with Gasteiger partial charge in [0.05, 0.1) is 12.7 Å². The first kappa shape index (κ1) is 55.2. The van der Waals surface area contributed by atoms with Crippen molar-refractivity contribution >= 4 is 27.5 Å². The van der Waals surface area contributed by atoms with E-state index in [-0.39, 0.29) is 53.7 Å². The van der Waals surface area contributed by atoms with Crippen molar-refractivity contribution in [2.45, 2.75) is 172 Å². The molecule has 0 amide bonds. The number of hydrogen-bond donors (Lipinski definition) is 10. The van der Waals surface area contributed by atoms with Gasteiger partial charge in [0.25, 0.3) is 0 Å². The van der Waals surface area contributed by atoms with E-state index in [1.165, 1.54) is 81.9 Å². The van der Waals surface area contributed by atoms with E-state index in [0.29, 0.717) is 78.6 Å². The van der Waals surface area contributed by atoms with Crippen molar-refractivity contribution in [2.75, 3.05) is 45.3 Å². The van der Waals surface area contributed by atoms with Gasteiger partial charge in [0.1, 0.15) is 24.2 Å². The number of aromatic amines is 1. The summed E-state index contributed by atoms with van der Waals surface area (Å²) < 4.78 is 12.9. The van der Waals surface area contributed by atoms with E-state index in [0.717, 1.165) is 72.1 Å². The van der Waals surface area contributed by atoms with Crippen LogP contribution in [0.4, 0.5) is 0 Å². The van der Waals surface area contributed by atoms with Gasteiger partial charge in [0.2, 0.25) is 0 Å². The second-order valence-corrected chi connectivity index (χ2v) is 27.2. The van der Waals surface area contributed by atoms with Gasteiger partial charge >= 0.3 is 0 Å². The molecule has 3 heterocycles. The number of phenols is 1. The topological polar surface area (TPSA) is 220 Å². The van der Waals surface area contributed by atoms with Gasteiger partial charge < -0.3 is 62.0 Å². The van der Waals surface area contributed by atoms with E-state index in [4.69, 9.17) is 20.6 Å². The fourth-order valence-electron chi connectivity index (χ4n) is 16.8. The molecule has 0 unspecified atom stereocenters. The number of ether oxygens (including phenoxy) is 1. The minimum atomic E-state index is -0.936. The number of furan rings is 1. The molecule has 7 aliphatic carbocycles. The van der Waals surface area contributed by atoms with Crippen LogP contribution in [0.2, 0.25) is 0 Å². The first-order chi connectivity index (χ1) is 36.3. The third-order valence-electron chi connectivity index (χ3n) is 20.3. The normalized spacial score (nSPS) is 33.5. The largest absolute Gasteiger partial charge is 0.504 e. The van der Waals surface area contributed by atoms with Crippen LogP contribution < -0.4 is 32.2 Å². The fraction of sp³-hybridized carbons (Fsp3) is 0.717. The zero-order chi connectivity index (χ0) is 52.4. The molecule has 75 heavy (non-hydrogen) atoms. The summed E-state index contributed by atoms with van der Waals surface area (Å²) in [5.74, 6) is 9.49. The molecule has 6 bridgehead atoms. The molecule has 414 valence electrons. The highest BCUT2D eigenvalue weighted by atomic mass is 33.1. The standard InChI is InChI=1S/C60H91N7O6S2/c1-35-9-15-42-39-24-37(11-16-43(42)45(47(61)27-39)33-74-75-34-50(35)67-58(62)64-4)13-18-53-40(31-68)26-41(73-53)14-10-38-12-17-51(70)54(25-38)72-32-52(71)48-28-44-56(49(30-63-3)65-29-36(2)69)60-22-7-8-55(60)59(20-5-6-21-59)46(19-23-60)57(44)66-48/h12,17,19,23,25-26,28,35-37,39,42-43,45-47,49-50,52,55-56,63,65-66,68-71H,5-11,13-16,18,20-22,24,27,29-34,61H2,1-4H3,(H3,62,64,67)/t35-,36-,37-,39+,42-,43+,45+,46+,47+,49-,50+,52-,55+,56+,60+/m0/s1. The lowest BCUT2D eigenvalue weighted by molar-refractivity contribution is 0.0354. The molecule has 0 radical (unpaired) electrons. The summed E-state index contributed by atoms with van der Waals surface area (Å²) in [6.45, 7) is 5.45. The van der Waals surface area contributed by atoms with Gasteiger partial charge in [-0.3, -0.25) is 4.99 Å². The molecule has 1 saturated heterocycles. The maximum absolute atomic E-state index is 11.9. The summed E-state index contributed by atoms with van der Waals surface area (Å²) in [7, 11) is 7.73. The highest BCUT2D eigenvalue weighted by Crippen LogP contribution is 2.73. The van der Waals surface area contributed by atoms with Crippen molar-refractivity contribution < 1.29 is 29.6 Å².